The fourth-order valence-corrected chi connectivity index (χ4v) is 6.07. The smallest absolute Gasteiger partial charge is 0.186 e. The Morgan fingerprint density at radius 1 is 0.931 bits per heavy atom. The topological polar surface area (TPSA) is 41.5 Å². The van der Waals surface area contributed by atoms with Crippen LogP contribution in [0.2, 0.25) is 0 Å². The maximum atomic E-state index is 5.52. The van der Waals surface area contributed by atoms with Crippen LogP contribution < -0.4 is 14.5 Å². The van der Waals surface area contributed by atoms with Crippen molar-refractivity contribution in [1.29, 1.82) is 0 Å². The Kier molecular flexibility index (Phi) is 4.80. The average Bonchev–Trinajstić information content (AvgIpc) is 3.39. The van der Waals surface area contributed by atoms with Crippen molar-refractivity contribution in [1.82, 2.24) is 9.97 Å². The molecule has 0 N–H and O–H groups in total. The molecule has 4 aromatic rings. The lowest BCUT2D eigenvalue weighted by Crippen LogP contribution is -2.46. The second-order valence-corrected chi connectivity index (χ2v) is 9.33. The van der Waals surface area contributed by atoms with Gasteiger partial charge in [-0.1, -0.05) is 47.8 Å². The van der Waals surface area contributed by atoms with Gasteiger partial charge in [-0.2, -0.15) is 0 Å². The molecule has 0 atom stereocenters. The minimum Gasteiger partial charge on any atom is -0.494 e. The van der Waals surface area contributed by atoms with Crippen molar-refractivity contribution in [2.45, 2.75) is 20.3 Å². The van der Waals surface area contributed by atoms with E-state index in [2.05, 4.69) is 47.9 Å². The van der Waals surface area contributed by atoms with Crippen molar-refractivity contribution in [3.8, 4) is 5.75 Å². The van der Waals surface area contributed by atoms with Crippen molar-refractivity contribution >= 4 is 53.4 Å². The van der Waals surface area contributed by atoms with E-state index in [0.29, 0.717) is 0 Å². The van der Waals surface area contributed by atoms with E-state index in [1.165, 1.54) is 26.0 Å². The fourth-order valence-electron chi connectivity index (χ4n) is 3.90. The Bertz CT molecular complexity index is 1170. The first-order valence-corrected chi connectivity index (χ1v) is 11.6. The Hall–Kier alpha value is -2.38. The second kappa shape index (κ2) is 7.46. The lowest BCUT2D eigenvalue weighted by Gasteiger charge is -2.34. The summed E-state index contributed by atoms with van der Waals surface area (Å²) in [5.41, 5.74) is 4.74. The second-order valence-electron chi connectivity index (χ2n) is 7.35. The predicted molar refractivity (Wildman–Crippen MR) is 124 cm³/mol. The quantitative estimate of drug-likeness (QED) is 0.455. The lowest BCUT2D eigenvalue weighted by molar-refractivity contribution is 0.419. The van der Waals surface area contributed by atoms with Crippen LogP contribution in [-0.2, 0) is 6.42 Å². The Morgan fingerprint density at radius 3 is 2.31 bits per heavy atom. The summed E-state index contributed by atoms with van der Waals surface area (Å²) < 4.78 is 8.03. The van der Waals surface area contributed by atoms with Gasteiger partial charge in [0.2, 0.25) is 0 Å². The molecule has 7 heteroatoms. The number of thiazole rings is 2. The van der Waals surface area contributed by atoms with E-state index in [1.807, 2.05) is 17.4 Å². The van der Waals surface area contributed by atoms with Crippen LogP contribution in [0.15, 0.2) is 30.3 Å². The molecule has 0 radical (unpaired) electrons. The average molecular weight is 425 g/mol. The maximum absolute atomic E-state index is 5.52. The number of nitrogens with zero attached hydrogens (tertiary/aromatic N) is 4. The predicted octanol–water partition coefficient (Wildman–Crippen LogP) is 5.11. The van der Waals surface area contributed by atoms with Gasteiger partial charge in [-0.15, -0.1) is 0 Å². The highest BCUT2D eigenvalue weighted by Gasteiger charge is 2.23. The van der Waals surface area contributed by atoms with Crippen LogP contribution in [0.5, 0.6) is 5.75 Å². The Morgan fingerprint density at radius 2 is 1.62 bits per heavy atom. The first-order chi connectivity index (χ1) is 14.2. The molecule has 5 nitrogen and oxygen atoms in total. The molecule has 1 aliphatic heterocycles. The zero-order valence-corrected chi connectivity index (χ0v) is 18.6. The van der Waals surface area contributed by atoms with E-state index in [9.17, 15) is 0 Å². The Balaban J connectivity index is 1.37. The van der Waals surface area contributed by atoms with Crippen molar-refractivity contribution in [2.24, 2.45) is 0 Å². The summed E-state index contributed by atoms with van der Waals surface area (Å²) in [6.45, 7) is 8.18. The molecule has 0 aliphatic carbocycles. The summed E-state index contributed by atoms with van der Waals surface area (Å²) in [4.78, 5) is 14.7. The van der Waals surface area contributed by atoms with Crippen LogP contribution in [0.25, 0.3) is 20.4 Å². The number of fused-ring (bicyclic) bond motifs is 2. The van der Waals surface area contributed by atoms with Gasteiger partial charge in [0.25, 0.3) is 0 Å². The molecule has 1 fully saturated rings. The number of aryl methyl sites for hydroxylation is 2. The third-order valence-corrected chi connectivity index (χ3v) is 7.94. The van der Waals surface area contributed by atoms with Crippen LogP contribution in [-0.4, -0.2) is 43.3 Å². The Labute approximate surface area is 178 Å². The van der Waals surface area contributed by atoms with E-state index >= 15 is 0 Å². The van der Waals surface area contributed by atoms with Crippen LogP contribution in [0.1, 0.15) is 18.1 Å². The number of hydrogen-bond donors (Lipinski definition) is 0. The monoisotopic (exact) mass is 424 g/mol. The highest BCUT2D eigenvalue weighted by Crippen LogP contribution is 2.37. The first-order valence-electron chi connectivity index (χ1n) is 10.0. The summed E-state index contributed by atoms with van der Waals surface area (Å²) in [6.07, 6.45) is 1.02. The molecule has 3 heterocycles. The maximum Gasteiger partial charge on any atom is 0.186 e. The highest BCUT2D eigenvalue weighted by molar-refractivity contribution is 7.22. The van der Waals surface area contributed by atoms with E-state index in [-0.39, 0.29) is 0 Å². The van der Waals surface area contributed by atoms with E-state index in [4.69, 9.17) is 14.7 Å². The number of para-hydroxylation sites is 1. The molecule has 1 saturated heterocycles. The van der Waals surface area contributed by atoms with Crippen molar-refractivity contribution in [3.05, 3.63) is 41.5 Å². The van der Waals surface area contributed by atoms with Gasteiger partial charge in [-0.05, 0) is 36.6 Å². The highest BCUT2D eigenvalue weighted by atomic mass is 32.1. The number of methoxy groups -OCH3 is 1. The minimum atomic E-state index is 0.855. The number of anilines is 2. The van der Waals surface area contributed by atoms with Gasteiger partial charge in [0, 0.05) is 26.2 Å². The molecule has 1 aliphatic rings. The SMILES string of the molecule is CCc1cccc2sc(N3CCN(c4nc5c(OC)ccc(C)c5s4)CC3)nc12. The number of benzene rings is 2. The minimum absolute atomic E-state index is 0.855. The normalized spacial score (nSPS) is 14.9. The van der Waals surface area contributed by atoms with Crippen LogP contribution in [0, 0.1) is 6.92 Å². The van der Waals surface area contributed by atoms with Crippen LogP contribution >= 0.6 is 22.7 Å². The van der Waals surface area contributed by atoms with Crippen molar-refractivity contribution < 1.29 is 4.74 Å². The van der Waals surface area contributed by atoms with Gasteiger partial charge in [0.15, 0.2) is 10.3 Å². The van der Waals surface area contributed by atoms with Crippen LogP contribution in [0.4, 0.5) is 10.3 Å². The largest absolute Gasteiger partial charge is 0.494 e. The molecule has 2 aromatic carbocycles. The third kappa shape index (κ3) is 3.22. The lowest BCUT2D eigenvalue weighted by atomic mass is 10.1. The van der Waals surface area contributed by atoms with Crippen LogP contribution in [0.3, 0.4) is 0 Å². The van der Waals surface area contributed by atoms with Gasteiger partial charge in [-0.25, -0.2) is 9.97 Å². The zero-order valence-electron chi connectivity index (χ0n) is 16.9. The van der Waals surface area contributed by atoms with Gasteiger partial charge in [0.1, 0.15) is 11.3 Å². The number of piperazine rings is 1. The standard InChI is InChI=1S/C22H24N4OS2/c1-4-15-6-5-7-17-18(15)23-21(28-17)25-10-12-26(13-11-25)22-24-19-16(27-3)9-8-14(2)20(19)29-22/h5-9H,4,10-13H2,1-3H3. The summed E-state index contributed by atoms with van der Waals surface area (Å²) in [7, 11) is 1.71. The molecule has 0 saturated carbocycles. The summed E-state index contributed by atoms with van der Waals surface area (Å²) >= 11 is 3.58. The molecule has 2 aromatic heterocycles. The number of hydrogen-bond acceptors (Lipinski definition) is 7. The summed E-state index contributed by atoms with van der Waals surface area (Å²) in [6, 6.07) is 10.6. The fraction of sp³-hybridized carbons (Fsp3) is 0.364. The summed E-state index contributed by atoms with van der Waals surface area (Å²) in [5, 5.41) is 2.23. The van der Waals surface area contributed by atoms with Gasteiger partial charge in [-0.3, -0.25) is 0 Å². The third-order valence-electron chi connectivity index (χ3n) is 5.60. The zero-order chi connectivity index (χ0) is 20.0. The molecule has 0 amide bonds. The van der Waals surface area contributed by atoms with Crippen molar-refractivity contribution in [3.63, 3.8) is 0 Å². The van der Waals surface area contributed by atoms with E-state index in [1.54, 1.807) is 18.4 Å². The van der Waals surface area contributed by atoms with E-state index in [0.717, 1.165) is 54.1 Å². The molecule has 0 unspecified atom stereocenters. The molecular formula is C22H24N4OS2. The first kappa shape index (κ1) is 18.6. The summed E-state index contributed by atoms with van der Waals surface area (Å²) in [5.74, 6) is 0.855. The van der Waals surface area contributed by atoms with Crippen molar-refractivity contribution in [2.75, 3.05) is 43.1 Å². The number of rotatable bonds is 4. The molecule has 29 heavy (non-hydrogen) atoms. The van der Waals surface area contributed by atoms with Gasteiger partial charge < -0.3 is 14.5 Å². The molecule has 0 bridgehead atoms. The number of aromatic nitrogens is 2. The molecule has 0 spiro atoms. The molecule has 5 rings (SSSR count). The van der Waals surface area contributed by atoms with Gasteiger partial charge >= 0.3 is 0 Å². The van der Waals surface area contributed by atoms with E-state index < -0.39 is 0 Å². The molecule has 150 valence electrons. The molecular weight excluding hydrogens is 400 g/mol. The number of ether oxygens (including phenoxy) is 1. The van der Waals surface area contributed by atoms with Gasteiger partial charge in [0.05, 0.1) is 22.0 Å².